The number of hydrogen-bond acceptors (Lipinski definition) is 3. The minimum Gasteiger partial charge on any atom is -0.173 e. The molecule has 30 heavy (non-hydrogen) atoms. The molecule has 4 aromatic rings. The maximum Gasteiger partial charge on any atom is 0.112 e. The number of nitrogens with zero attached hydrogens (tertiary/aromatic N) is 2. The maximum atomic E-state index is 4.67. The standard InChI is InChI=1S/C27H28N2S/c1-15(2)17-7-9-21-22-10-8-18(14-24(22)27(5,6)23(21)13-17)20-12-11-19(16(3)4)25-26(20)29-30-28-25/h7-16H,1-6H3. The molecule has 0 fully saturated rings. The van der Waals surface area contributed by atoms with E-state index in [9.17, 15) is 0 Å². The van der Waals surface area contributed by atoms with Gasteiger partial charge in [-0.1, -0.05) is 84.0 Å². The largest absolute Gasteiger partial charge is 0.173 e. The summed E-state index contributed by atoms with van der Waals surface area (Å²) in [4.78, 5) is 0. The van der Waals surface area contributed by atoms with Crippen molar-refractivity contribution in [2.45, 2.75) is 58.8 Å². The fraction of sp³-hybridized carbons (Fsp3) is 0.333. The Balaban J connectivity index is 1.68. The van der Waals surface area contributed by atoms with Gasteiger partial charge in [0.05, 0.1) is 11.7 Å². The van der Waals surface area contributed by atoms with E-state index in [0.717, 1.165) is 11.0 Å². The molecule has 0 spiro atoms. The van der Waals surface area contributed by atoms with Crippen LogP contribution in [0.1, 0.15) is 75.6 Å². The Bertz CT molecular complexity index is 1280. The molecule has 0 aliphatic heterocycles. The molecule has 0 atom stereocenters. The summed E-state index contributed by atoms with van der Waals surface area (Å²) in [7, 11) is 0. The van der Waals surface area contributed by atoms with E-state index in [4.69, 9.17) is 0 Å². The second-order valence-electron chi connectivity index (χ2n) is 9.66. The van der Waals surface area contributed by atoms with Crippen LogP contribution < -0.4 is 0 Å². The van der Waals surface area contributed by atoms with Crippen molar-refractivity contribution >= 4 is 22.8 Å². The topological polar surface area (TPSA) is 25.8 Å². The molecule has 1 aromatic heterocycles. The SMILES string of the molecule is CC(C)c1ccc2c(c1)C(C)(C)c1cc(-c3ccc(C(C)C)c4nsnc34)ccc1-2. The molecule has 2 nitrogen and oxygen atoms in total. The average molecular weight is 413 g/mol. The Labute approximate surface area is 183 Å². The highest BCUT2D eigenvalue weighted by atomic mass is 32.1. The molecular weight excluding hydrogens is 384 g/mol. The summed E-state index contributed by atoms with van der Waals surface area (Å²) in [6.07, 6.45) is 0. The van der Waals surface area contributed by atoms with E-state index >= 15 is 0 Å². The summed E-state index contributed by atoms with van der Waals surface area (Å²) >= 11 is 1.31. The summed E-state index contributed by atoms with van der Waals surface area (Å²) < 4.78 is 9.29. The molecule has 0 radical (unpaired) electrons. The Morgan fingerprint density at radius 2 is 1.33 bits per heavy atom. The third-order valence-electron chi connectivity index (χ3n) is 6.75. The molecule has 0 bridgehead atoms. The number of benzene rings is 3. The Morgan fingerprint density at radius 1 is 0.700 bits per heavy atom. The molecule has 5 rings (SSSR count). The van der Waals surface area contributed by atoms with Gasteiger partial charge in [0, 0.05) is 11.0 Å². The zero-order chi connectivity index (χ0) is 21.2. The Kier molecular flexibility index (Phi) is 4.37. The van der Waals surface area contributed by atoms with Gasteiger partial charge in [0.1, 0.15) is 11.0 Å². The van der Waals surface area contributed by atoms with Gasteiger partial charge in [0.2, 0.25) is 0 Å². The second-order valence-corrected chi connectivity index (χ2v) is 10.2. The van der Waals surface area contributed by atoms with Gasteiger partial charge < -0.3 is 0 Å². The lowest BCUT2D eigenvalue weighted by molar-refractivity contribution is 0.658. The molecule has 0 saturated heterocycles. The van der Waals surface area contributed by atoms with E-state index in [1.165, 1.54) is 56.2 Å². The summed E-state index contributed by atoms with van der Waals surface area (Å²) in [6.45, 7) is 13.7. The first kappa shape index (κ1) is 19.4. The number of hydrogen-bond donors (Lipinski definition) is 0. The van der Waals surface area contributed by atoms with E-state index in [1.54, 1.807) is 0 Å². The van der Waals surface area contributed by atoms with Gasteiger partial charge in [-0.3, -0.25) is 0 Å². The molecule has 1 aliphatic carbocycles. The van der Waals surface area contributed by atoms with Crippen molar-refractivity contribution in [3.05, 3.63) is 70.8 Å². The maximum absolute atomic E-state index is 4.67. The van der Waals surface area contributed by atoms with Crippen LogP contribution in [-0.2, 0) is 5.41 Å². The molecule has 0 unspecified atom stereocenters. The lowest BCUT2D eigenvalue weighted by Gasteiger charge is -2.23. The van der Waals surface area contributed by atoms with Gasteiger partial charge in [-0.05, 0) is 56.8 Å². The number of fused-ring (bicyclic) bond motifs is 4. The van der Waals surface area contributed by atoms with Crippen LogP contribution in [0, 0.1) is 0 Å². The smallest absolute Gasteiger partial charge is 0.112 e. The number of rotatable bonds is 3. The zero-order valence-electron chi connectivity index (χ0n) is 18.6. The van der Waals surface area contributed by atoms with Gasteiger partial charge in [-0.15, -0.1) is 0 Å². The van der Waals surface area contributed by atoms with Crippen LogP contribution in [0.3, 0.4) is 0 Å². The summed E-state index contributed by atoms with van der Waals surface area (Å²) in [5.41, 5.74) is 12.7. The van der Waals surface area contributed by atoms with Crippen molar-refractivity contribution < 1.29 is 0 Å². The minimum atomic E-state index is -0.0110. The highest BCUT2D eigenvalue weighted by Gasteiger charge is 2.36. The third kappa shape index (κ3) is 2.75. The molecule has 0 saturated carbocycles. The fourth-order valence-corrected chi connectivity index (χ4v) is 5.45. The van der Waals surface area contributed by atoms with Gasteiger partial charge in [-0.25, -0.2) is 0 Å². The molecule has 1 aliphatic rings. The van der Waals surface area contributed by atoms with E-state index < -0.39 is 0 Å². The lowest BCUT2D eigenvalue weighted by Crippen LogP contribution is -2.15. The van der Waals surface area contributed by atoms with Crippen molar-refractivity contribution in [3.8, 4) is 22.3 Å². The molecule has 152 valence electrons. The van der Waals surface area contributed by atoms with Crippen LogP contribution >= 0.6 is 11.7 Å². The highest BCUT2D eigenvalue weighted by Crippen LogP contribution is 2.50. The van der Waals surface area contributed by atoms with Gasteiger partial charge in [0.25, 0.3) is 0 Å². The normalized spacial score (nSPS) is 14.5. The van der Waals surface area contributed by atoms with Crippen molar-refractivity contribution in [1.82, 2.24) is 8.75 Å². The average Bonchev–Trinajstić information content (AvgIpc) is 3.29. The van der Waals surface area contributed by atoms with Crippen molar-refractivity contribution in [1.29, 1.82) is 0 Å². The molecular formula is C27H28N2S. The third-order valence-corrected chi connectivity index (χ3v) is 7.27. The summed E-state index contributed by atoms with van der Waals surface area (Å²) in [5.74, 6) is 0.976. The van der Waals surface area contributed by atoms with E-state index in [0.29, 0.717) is 11.8 Å². The van der Waals surface area contributed by atoms with E-state index in [-0.39, 0.29) is 5.41 Å². The first-order valence-electron chi connectivity index (χ1n) is 10.8. The van der Waals surface area contributed by atoms with Crippen molar-refractivity contribution in [2.24, 2.45) is 0 Å². The highest BCUT2D eigenvalue weighted by molar-refractivity contribution is 7.00. The van der Waals surface area contributed by atoms with Crippen LogP contribution in [0.2, 0.25) is 0 Å². The molecule has 1 heterocycles. The van der Waals surface area contributed by atoms with Crippen LogP contribution in [0.15, 0.2) is 48.5 Å². The Morgan fingerprint density at radius 3 is 2.03 bits per heavy atom. The predicted octanol–water partition coefficient (Wildman–Crippen LogP) is 7.91. The molecule has 0 amide bonds. The van der Waals surface area contributed by atoms with E-state index in [2.05, 4.69) is 98.8 Å². The van der Waals surface area contributed by atoms with Crippen molar-refractivity contribution in [2.75, 3.05) is 0 Å². The number of aromatic nitrogens is 2. The zero-order valence-corrected chi connectivity index (χ0v) is 19.4. The second kappa shape index (κ2) is 6.75. The van der Waals surface area contributed by atoms with Gasteiger partial charge in [0.15, 0.2) is 0 Å². The molecule has 3 aromatic carbocycles. The molecule has 3 heteroatoms. The minimum absolute atomic E-state index is 0.0110. The van der Waals surface area contributed by atoms with E-state index in [1.807, 2.05) is 0 Å². The lowest BCUT2D eigenvalue weighted by atomic mass is 9.80. The summed E-state index contributed by atoms with van der Waals surface area (Å²) in [6, 6.07) is 18.4. The predicted molar refractivity (Wildman–Crippen MR) is 129 cm³/mol. The van der Waals surface area contributed by atoms with Crippen LogP contribution in [0.25, 0.3) is 33.3 Å². The summed E-state index contributed by atoms with van der Waals surface area (Å²) in [5, 5.41) is 0. The quantitative estimate of drug-likeness (QED) is 0.341. The monoisotopic (exact) mass is 412 g/mol. The van der Waals surface area contributed by atoms with Crippen LogP contribution in [-0.4, -0.2) is 8.75 Å². The first-order valence-corrected chi connectivity index (χ1v) is 11.6. The van der Waals surface area contributed by atoms with Crippen LogP contribution in [0.4, 0.5) is 0 Å². The molecule has 0 N–H and O–H groups in total. The van der Waals surface area contributed by atoms with Crippen LogP contribution in [0.5, 0.6) is 0 Å². The van der Waals surface area contributed by atoms with Crippen molar-refractivity contribution in [3.63, 3.8) is 0 Å². The van der Waals surface area contributed by atoms with Gasteiger partial charge in [-0.2, -0.15) is 8.75 Å². The first-order chi connectivity index (χ1) is 14.3. The van der Waals surface area contributed by atoms with Gasteiger partial charge >= 0.3 is 0 Å². The Hall–Kier alpha value is -2.52. The fourth-order valence-electron chi connectivity index (χ4n) is 4.87.